The number of hydrogen-bond donors (Lipinski definition) is 0. The molecule has 0 bridgehead atoms. The van der Waals surface area contributed by atoms with Crippen molar-refractivity contribution < 1.29 is 19.1 Å². The summed E-state index contributed by atoms with van der Waals surface area (Å²) in [6.07, 6.45) is 2.06. The van der Waals surface area contributed by atoms with E-state index in [0.29, 0.717) is 12.4 Å². The first-order chi connectivity index (χ1) is 13.3. The highest BCUT2D eigenvalue weighted by Gasteiger charge is 2.35. The van der Waals surface area contributed by atoms with E-state index in [9.17, 15) is 9.59 Å². The van der Waals surface area contributed by atoms with Gasteiger partial charge in [0.2, 0.25) is 0 Å². The highest BCUT2D eigenvalue weighted by molar-refractivity contribution is 5.90. The standard InChI is InChI=1S/C24H28O4/c1-5-13-24(3,4)15-27-22(25)16(2)18-11-12-20-19(14-18)21(23(26)28-20)17-9-7-6-8-10-17/h6-12,14,16,21H,5,13,15H2,1-4H3. The second-order valence-corrected chi connectivity index (χ2v) is 8.31. The molecule has 2 aromatic carbocycles. The lowest BCUT2D eigenvalue weighted by Gasteiger charge is -2.24. The second kappa shape index (κ2) is 8.17. The van der Waals surface area contributed by atoms with Gasteiger partial charge in [-0.3, -0.25) is 9.59 Å². The van der Waals surface area contributed by atoms with Gasteiger partial charge in [0, 0.05) is 5.56 Å². The summed E-state index contributed by atoms with van der Waals surface area (Å²) in [5.41, 5.74) is 2.50. The van der Waals surface area contributed by atoms with Gasteiger partial charge in [-0.05, 0) is 36.0 Å². The Hall–Kier alpha value is -2.62. The third-order valence-electron chi connectivity index (χ3n) is 5.31. The van der Waals surface area contributed by atoms with Gasteiger partial charge < -0.3 is 9.47 Å². The van der Waals surface area contributed by atoms with Crippen LogP contribution in [0.15, 0.2) is 48.5 Å². The maximum Gasteiger partial charge on any atom is 0.323 e. The van der Waals surface area contributed by atoms with Gasteiger partial charge in [0.05, 0.1) is 12.5 Å². The maximum absolute atomic E-state index is 12.6. The van der Waals surface area contributed by atoms with Crippen molar-refractivity contribution in [3.05, 3.63) is 65.2 Å². The van der Waals surface area contributed by atoms with Gasteiger partial charge >= 0.3 is 11.9 Å². The van der Waals surface area contributed by atoms with Gasteiger partial charge in [0.1, 0.15) is 11.7 Å². The smallest absolute Gasteiger partial charge is 0.323 e. The molecular weight excluding hydrogens is 352 g/mol. The molecule has 1 heterocycles. The number of esters is 2. The van der Waals surface area contributed by atoms with Crippen molar-refractivity contribution in [2.24, 2.45) is 5.41 Å². The summed E-state index contributed by atoms with van der Waals surface area (Å²) < 4.78 is 11.0. The molecule has 4 nitrogen and oxygen atoms in total. The van der Waals surface area contributed by atoms with Crippen LogP contribution in [-0.4, -0.2) is 18.5 Å². The Bertz CT molecular complexity index is 854. The average molecular weight is 380 g/mol. The first kappa shape index (κ1) is 20.1. The van der Waals surface area contributed by atoms with Crippen molar-refractivity contribution in [3.63, 3.8) is 0 Å². The molecule has 28 heavy (non-hydrogen) atoms. The van der Waals surface area contributed by atoms with Crippen LogP contribution in [0.5, 0.6) is 5.75 Å². The number of ether oxygens (including phenoxy) is 2. The van der Waals surface area contributed by atoms with Crippen molar-refractivity contribution in [2.75, 3.05) is 6.61 Å². The third-order valence-corrected chi connectivity index (χ3v) is 5.31. The number of hydrogen-bond acceptors (Lipinski definition) is 4. The topological polar surface area (TPSA) is 52.6 Å². The zero-order chi connectivity index (χ0) is 20.3. The summed E-state index contributed by atoms with van der Waals surface area (Å²) in [6, 6.07) is 15.1. The molecule has 0 saturated carbocycles. The van der Waals surface area contributed by atoms with Crippen LogP contribution < -0.4 is 4.74 Å². The average Bonchev–Trinajstić information content (AvgIpc) is 3.01. The molecular formula is C24H28O4. The molecule has 0 aromatic heterocycles. The molecule has 1 aliphatic heterocycles. The van der Waals surface area contributed by atoms with Crippen molar-refractivity contribution in [1.29, 1.82) is 0 Å². The van der Waals surface area contributed by atoms with Gasteiger partial charge in [-0.15, -0.1) is 0 Å². The maximum atomic E-state index is 12.6. The van der Waals surface area contributed by atoms with Crippen LogP contribution in [0.25, 0.3) is 0 Å². The van der Waals surface area contributed by atoms with Crippen LogP contribution in [0.3, 0.4) is 0 Å². The predicted molar refractivity (Wildman–Crippen MR) is 108 cm³/mol. The zero-order valence-electron chi connectivity index (χ0n) is 17.0. The molecule has 0 N–H and O–H groups in total. The monoisotopic (exact) mass is 380 g/mol. The highest BCUT2D eigenvalue weighted by atomic mass is 16.5. The summed E-state index contributed by atoms with van der Waals surface area (Å²) in [5.74, 6) is -0.828. The summed E-state index contributed by atoms with van der Waals surface area (Å²) in [4.78, 5) is 25.0. The van der Waals surface area contributed by atoms with E-state index in [1.165, 1.54) is 0 Å². The Morgan fingerprint density at radius 3 is 2.57 bits per heavy atom. The molecule has 0 saturated heterocycles. The van der Waals surface area contributed by atoms with Crippen LogP contribution >= 0.6 is 0 Å². The molecule has 2 unspecified atom stereocenters. The van der Waals surface area contributed by atoms with E-state index in [0.717, 1.165) is 29.5 Å². The van der Waals surface area contributed by atoms with E-state index in [1.807, 2.05) is 49.4 Å². The molecule has 148 valence electrons. The normalized spacial score (nSPS) is 17.0. The number of fused-ring (bicyclic) bond motifs is 1. The van der Waals surface area contributed by atoms with Gasteiger partial charge in [-0.25, -0.2) is 0 Å². The number of carbonyl (C=O) groups is 2. The fraction of sp³-hybridized carbons (Fsp3) is 0.417. The Kier molecular flexibility index (Phi) is 5.87. The number of carbonyl (C=O) groups excluding carboxylic acids is 2. The molecule has 3 rings (SSSR count). The molecule has 0 spiro atoms. The molecule has 0 aliphatic carbocycles. The lowest BCUT2D eigenvalue weighted by molar-refractivity contribution is -0.148. The minimum absolute atomic E-state index is 0.0271. The predicted octanol–water partition coefficient (Wildman–Crippen LogP) is 5.21. The highest BCUT2D eigenvalue weighted by Crippen LogP contribution is 2.40. The van der Waals surface area contributed by atoms with Crippen molar-refractivity contribution in [3.8, 4) is 5.75 Å². The van der Waals surface area contributed by atoms with E-state index < -0.39 is 11.8 Å². The number of benzene rings is 2. The lowest BCUT2D eigenvalue weighted by atomic mass is 9.88. The second-order valence-electron chi connectivity index (χ2n) is 8.31. The van der Waals surface area contributed by atoms with Crippen molar-refractivity contribution in [1.82, 2.24) is 0 Å². The number of rotatable bonds is 7. The van der Waals surface area contributed by atoms with Crippen LogP contribution in [0.1, 0.15) is 69.1 Å². The van der Waals surface area contributed by atoms with Crippen LogP contribution in [0, 0.1) is 5.41 Å². The van der Waals surface area contributed by atoms with E-state index >= 15 is 0 Å². The van der Waals surface area contributed by atoms with E-state index in [-0.39, 0.29) is 17.4 Å². The molecule has 2 aromatic rings. The summed E-state index contributed by atoms with van der Waals surface area (Å²) in [7, 11) is 0. The van der Waals surface area contributed by atoms with Crippen molar-refractivity contribution in [2.45, 2.75) is 52.4 Å². The SMILES string of the molecule is CCCC(C)(C)COC(=O)C(C)c1ccc2c(c1)C(c1ccccc1)C(=O)O2. The Morgan fingerprint density at radius 2 is 1.89 bits per heavy atom. The van der Waals surface area contributed by atoms with E-state index in [2.05, 4.69) is 20.8 Å². The summed E-state index contributed by atoms with van der Waals surface area (Å²) >= 11 is 0. The first-order valence-electron chi connectivity index (χ1n) is 9.89. The van der Waals surface area contributed by atoms with Gasteiger partial charge in [0.25, 0.3) is 0 Å². The lowest BCUT2D eigenvalue weighted by Crippen LogP contribution is -2.24. The van der Waals surface area contributed by atoms with Crippen LogP contribution in [0.2, 0.25) is 0 Å². The molecule has 0 radical (unpaired) electrons. The Labute approximate surface area is 166 Å². The van der Waals surface area contributed by atoms with Crippen molar-refractivity contribution >= 4 is 11.9 Å². The largest absolute Gasteiger partial charge is 0.465 e. The molecule has 2 atom stereocenters. The summed E-state index contributed by atoms with van der Waals surface area (Å²) in [5, 5.41) is 0. The van der Waals surface area contributed by atoms with Crippen LogP contribution in [-0.2, 0) is 14.3 Å². The zero-order valence-corrected chi connectivity index (χ0v) is 17.0. The van der Waals surface area contributed by atoms with Crippen LogP contribution in [0.4, 0.5) is 0 Å². The summed E-state index contributed by atoms with van der Waals surface area (Å²) in [6.45, 7) is 8.59. The molecule has 4 heteroatoms. The Morgan fingerprint density at radius 1 is 1.18 bits per heavy atom. The Balaban J connectivity index is 1.79. The minimum Gasteiger partial charge on any atom is -0.465 e. The minimum atomic E-state index is -0.456. The fourth-order valence-electron chi connectivity index (χ4n) is 3.69. The molecule has 0 fully saturated rings. The van der Waals surface area contributed by atoms with Gasteiger partial charge in [-0.2, -0.15) is 0 Å². The fourth-order valence-corrected chi connectivity index (χ4v) is 3.69. The quantitative estimate of drug-likeness (QED) is 0.489. The van der Waals surface area contributed by atoms with Gasteiger partial charge in [0.15, 0.2) is 0 Å². The van der Waals surface area contributed by atoms with E-state index in [1.54, 1.807) is 6.07 Å². The van der Waals surface area contributed by atoms with E-state index in [4.69, 9.17) is 9.47 Å². The molecule has 1 aliphatic rings. The molecule has 0 amide bonds. The third kappa shape index (κ3) is 4.27. The van der Waals surface area contributed by atoms with Gasteiger partial charge in [-0.1, -0.05) is 69.7 Å². The first-order valence-corrected chi connectivity index (χ1v) is 9.89.